The maximum atomic E-state index is 9.92. The molecule has 0 bridgehead atoms. The Morgan fingerprint density at radius 1 is 1.10 bits per heavy atom. The van der Waals surface area contributed by atoms with Gasteiger partial charge < -0.3 is 15.2 Å². The normalized spacial score (nSPS) is 14.4. The lowest BCUT2D eigenvalue weighted by Gasteiger charge is -2.18. The summed E-state index contributed by atoms with van der Waals surface area (Å²) in [5.41, 5.74) is 1.14. The Kier molecular flexibility index (Phi) is 8.51. The van der Waals surface area contributed by atoms with E-state index < -0.39 is 6.10 Å². The van der Waals surface area contributed by atoms with Crippen LogP contribution >= 0.6 is 0 Å². The zero-order chi connectivity index (χ0) is 14.8. The molecule has 0 saturated heterocycles. The molecule has 0 heterocycles. The summed E-state index contributed by atoms with van der Waals surface area (Å²) in [6.07, 6.45) is 1.93. The molecule has 0 fully saturated rings. The van der Waals surface area contributed by atoms with Crippen molar-refractivity contribution in [3.8, 4) is 0 Å². The lowest BCUT2D eigenvalue weighted by Crippen LogP contribution is -2.33. The summed E-state index contributed by atoms with van der Waals surface area (Å²) >= 11 is 0. The third-order valence-electron chi connectivity index (χ3n) is 3.78. The van der Waals surface area contributed by atoms with Crippen molar-refractivity contribution in [2.45, 2.75) is 45.8 Å². The number of aliphatic hydroxyl groups excluding tert-OH is 1. The quantitative estimate of drug-likeness (QED) is 0.691. The van der Waals surface area contributed by atoms with Crippen LogP contribution in [0.4, 0.5) is 0 Å². The van der Waals surface area contributed by atoms with Gasteiger partial charge in [0, 0.05) is 6.54 Å². The van der Waals surface area contributed by atoms with Gasteiger partial charge in [0.2, 0.25) is 0 Å². The van der Waals surface area contributed by atoms with Crippen LogP contribution in [0.1, 0.15) is 45.3 Å². The lowest BCUT2D eigenvalue weighted by atomic mass is 10.0. The molecule has 1 aromatic rings. The molecular weight excluding hydrogens is 250 g/mol. The van der Waals surface area contributed by atoms with Crippen LogP contribution in [0.25, 0.3) is 0 Å². The van der Waals surface area contributed by atoms with Crippen LogP contribution in [0.15, 0.2) is 30.3 Å². The Bertz CT molecular complexity index is 338. The van der Waals surface area contributed by atoms with Crippen LogP contribution in [0.2, 0.25) is 0 Å². The number of hydrogen-bond acceptors (Lipinski definition) is 3. The van der Waals surface area contributed by atoms with Crippen molar-refractivity contribution in [1.29, 1.82) is 0 Å². The van der Waals surface area contributed by atoms with Crippen molar-refractivity contribution < 1.29 is 9.84 Å². The van der Waals surface area contributed by atoms with Gasteiger partial charge in [0.25, 0.3) is 0 Å². The van der Waals surface area contributed by atoms with Crippen molar-refractivity contribution in [2.75, 3.05) is 19.7 Å². The molecule has 1 aromatic carbocycles. The molecule has 1 rings (SSSR count). The average molecular weight is 279 g/mol. The smallest absolute Gasteiger partial charge is 0.0897 e. The zero-order valence-electron chi connectivity index (χ0n) is 13.0. The second-order valence-corrected chi connectivity index (χ2v) is 5.38. The van der Waals surface area contributed by atoms with Crippen LogP contribution in [-0.2, 0) is 4.74 Å². The molecule has 0 saturated carbocycles. The predicted octanol–water partition coefficient (Wildman–Crippen LogP) is 3.15. The molecule has 0 aliphatic heterocycles. The summed E-state index contributed by atoms with van der Waals surface area (Å²) in [7, 11) is 0. The summed E-state index contributed by atoms with van der Waals surface area (Å²) in [6, 6.07) is 10.1. The van der Waals surface area contributed by atoms with Crippen LogP contribution in [0.3, 0.4) is 0 Å². The number of rotatable bonds is 10. The third-order valence-corrected chi connectivity index (χ3v) is 3.78. The minimum atomic E-state index is -0.449. The van der Waals surface area contributed by atoms with Crippen molar-refractivity contribution in [1.82, 2.24) is 5.32 Å². The maximum Gasteiger partial charge on any atom is 0.0897 e. The van der Waals surface area contributed by atoms with E-state index in [1.54, 1.807) is 0 Å². The molecule has 0 aliphatic carbocycles. The number of ether oxygens (including phenoxy) is 1. The van der Waals surface area contributed by atoms with Crippen LogP contribution < -0.4 is 5.32 Å². The van der Waals surface area contributed by atoms with Gasteiger partial charge in [-0.3, -0.25) is 0 Å². The van der Waals surface area contributed by atoms with Crippen molar-refractivity contribution in [3.63, 3.8) is 0 Å². The van der Waals surface area contributed by atoms with Crippen LogP contribution in [-0.4, -0.2) is 30.9 Å². The van der Waals surface area contributed by atoms with Crippen LogP contribution in [0.5, 0.6) is 0 Å². The fourth-order valence-electron chi connectivity index (χ4n) is 2.17. The highest BCUT2D eigenvalue weighted by atomic mass is 16.5. The summed E-state index contributed by atoms with van der Waals surface area (Å²) in [5, 5.41) is 13.2. The molecule has 0 aromatic heterocycles. The molecule has 2 atom stereocenters. The van der Waals surface area contributed by atoms with E-state index in [0.717, 1.165) is 12.1 Å². The summed E-state index contributed by atoms with van der Waals surface area (Å²) in [6.45, 7) is 8.36. The molecule has 2 unspecified atom stereocenters. The highest BCUT2D eigenvalue weighted by molar-refractivity contribution is 5.16. The molecule has 114 valence electrons. The first-order valence-corrected chi connectivity index (χ1v) is 7.72. The number of hydrogen-bond donors (Lipinski definition) is 2. The Balaban J connectivity index is 2.18. The van der Waals surface area contributed by atoms with Crippen molar-refractivity contribution in [3.05, 3.63) is 35.9 Å². The molecule has 3 heteroatoms. The Morgan fingerprint density at radius 3 is 2.35 bits per heavy atom. The highest BCUT2D eigenvalue weighted by Gasteiger charge is 2.10. The molecule has 0 spiro atoms. The maximum absolute atomic E-state index is 9.92. The van der Waals surface area contributed by atoms with E-state index in [1.165, 1.54) is 12.8 Å². The minimum Gasteiger partial charge on any atom is -0.389 e. The molecule has 0 radical (unpaired) electrons. The fourth-order valence-corrected chi connectivity index (χ4v) is 2.17. The zero-order valence-corrected chi connectivity index (χ0v) is 13.0. The van der Waals surface area contributed by atoms with Gasteiger partial charge in [0.05, 0.1) is 18.8 Å². The Hall–Kier alpha value is -0.900. The second kappa shape index (κ2) is 9.92. The van der Waals surface area contributed by atoms with E-state index in [2.05, 4.69) is 19.2 Å². The molecule has 2 N–H and O–H groups in total. The van der Waals surface area contributed by atoms with E-state index in [4.69, 9.17) is 4.74 Å². The topological polar surface area (TPSA) is 41.5 Å². The second-order valence-electron chi connectivity index (χ2n) is 5.38. The van der Waals surface area contributed by atoms with Gasteiger partial charge in [0.1, 0.15) is 0 Å². The number of benzene rings is 1. The molecule has 20 heavy (non-hydrogen) atoms. The van der Waals surface area contributed by atoms with Gasteiger partial charge >= 0.3 is 0 Å². The van der Waals surface area contributed by atoms with Crippen molar-refractivity contribution >= 4 is 0 Å². The average Bonchev–Trinajstić information content (AvgIpc) is 2.50. The molecule has 3 nitrogen and oxygen atoms in total. The van der Waals surface area contributed by atoms with Gasteiger partial charge in [-0.15, -0.1) is 0 Å². The Morgan fingerprint density at radius 2 is 1.75 bits per heavy atom. The van der Waals surface area contributed by atoms with Crippen molar-refractivity contribution in [2.24, 2.45) is 5.92 Å². The number of aliphatic hydroxyl groups is 1. The van der Waals surface area contributed by atoms with E-state index in [-0.39, 0.29) is 6.10 Å². The summed E-state index contributed by atoms with van der Waals surface area (Å²) in [4.78, 5) is 0. The van der Waals surface area contributed by atoms with E-state index in [1.807, 2.05) is 37.3 Å². The standard InChI is InChI=1S/C17H29NO2/c1-4-15(5-2)11-18-12-17(19)13-20-14(3)16-9-7-6-8-10-16/h6-10,14-15,17-19H,4-5,11-13H2,1-3H3. The van der Waals surface area contributed by atoms with Crippen LogP contribution in [0, 0.1) is 5.92 Å². The first kappa shape index (κ1) is 17.2. The first-order valence-electron chi connectivity index (χ1n) is 7.72. The molecule has 0 aliphatic rings. The van der Waals surface area contributed by atoms with Gasteiger partial charge in [-0.05, 0) is 24.9 Å². The lowest BCUT2D eigenvalue weighted by molar-refractivity contribution is -0.00227. The van der Waals surface area contributed by atoms with E-state index >= 15 is 0 Å². The first-order chi connectivity index (χ1) is 9.67. The Labute approximate surface area is 123 Å². The summed E-state index contributed by atoms with van der Waals surface area (Å²) in [5.74, 6) is 0.700. The predicted molar refractivity (Wildman–Crippen MR) is 83.8 cm³/mol. The minimum absolute atomic E-state index is 0.0184. The van der Waals surface area contributed by atoms with Gasteiger partial charge in [-0.25, -0.2) is 0 Å². The SMILES string of the molecule is CCC(CC)CNCC(O)COC(C)c1ccccc1. The molecular formula is C17H29NO2. The largest absolute Gasteiger partial charge is 0.389 e. The third kappa shape index (κ3) is 6.51. The summed E-state index contributed by atoms with van der Waals surface area (Å²) < 4.78 is 5.71. The monoisotopic (exact) mass is 279 g/mol. The number of nitrogens with one attached hydrogen (secondary N) is 1. The van der Waals surface area contributed by atoms with Gasteiger partial charge in [-0.2, -0.15) is 0 Å². The van der Waals surface area contributed by atoms with E-state index in [9.17, 15) is 5.11 Å². The highest BCUT2D eigenvalue weighted by Crippen LogP contribution is 2.15. The van der Waals surface area contributed by atoms with E-state index in [0.29, 0.717) is 19.1 Å². The van der Waals surface area contributed by atoms with Gasteiger partial charge in [0.15, 0.2) is 0 Å². The fraction of sp³-hybridized carbons (Fsp3) is 0.647. The van der Waals surface area contributed by atoms with Gasteiger partial charge in [-0.1, -0.05) is 57.0 Å². The molecule has 0 amide bonds.